The third-order valence-corrected chi connectivity index (χ3v) is 3.87. The lowest BCUT2D eigenvalue weighted by Crippen LogP contribution is -2.39. The van der Waals surface area contributed by atoms with Gasteiger partial charge in [0.25, 0.3) is 0 Å². The van der Waals surface area contributed by atoms with Gasteiger partial charge in [0, 0.05) is 18.2 Å². The minimum atomic E-state index is -1.01. The van der Waals surface area contributed by atoms with Crippen molar-refractivity contribution < 1.29 is 14.6 Å². The highest BCUT2D eigenvalue weighted by Gasteiger charge is 2.25. The number of benzene rings is 1. The van der Waals surface area contributed by atoms with Gasteiger partial charge in [-0.15, -0.1) is 0 Å². The Bertz CT molecular complexity index is 490. The van der Waals surface area contributed by atoms with Crippen LogP contribution in [-0.2, 0) is 0 Å². The van der Waals surface area contributed by atoms with Gasteiger partial charge in [0.05, 0.1) is 6.10 Å². The van der Waals surface area contributed by atoms with Crippen LogP contribution in [-0.4, -0.2) is 42.2 Å². The van der Waals surface area contributed by atoms with Gasteiger partial charge in [-0.05, 0) is 51.6 Å². The van der Waals surface area contributed by atoms with E-state index in [2.05, 4.69) is 11.9 Å². The molecule has 5 heteroatoms. The van der Waals surface area contributed by atoms with E-state index in [1.165, 1.54) is 6.07 Å². The third kappa shape index (κ3) is 3.42. The number of likely N-dealkylation sites (tertiary alicyclic amines) is 1. The molecule has 1 fully saturated rings. The number of carbonyl (C=O) groups is 1. The van der Waals surface area contributed by atoms with Gasteiger partial charge >= 0.3 is 5.97 Å². The molecule has 0 spiro atoms. The molecule has 3 N–H and O–H groups in total. The lowest BCUT2D eigenvalue weighted by Gasteiger charge is -2.33. The number of rotatable bonds is 4. The summed E-state index contributed by atoms with van der Waals surface area (Å²) in [4.78, 5) is 13.5. The number of nitrogens with two attached hydrogens (primary N) is 1. The van der Waals surface area contributed by atoms with Crippen molar-refractivity contribution in [1.82, 2.24) is 4.90 Å². The van der Waals surface area contributed by atoms with Crippen molar-refractivity contribution in [2.75, 3.05) is 25.9 Å². The van der Waals surface area contributed by atoms with Crippen molar-refractivity contribution in [1.29, 1.82) is 0 Å². The summed E-state index contributed by atoms with van der Waals surface area (Å²) in [7, 11) is 2.10. The number of ether oxygens (including phenoxy) is 1. The molecule has 2 unspecified atom stereocenters. The number of hydrogen-bond acceptors (Lipinski definition) is 4. The topological polar surface area (TPSA) is 75.8 Å². The van der Waals surface area contributed by atoms with Crippen molar-refractivity contribution in [3.63, 3.8) is 0 Å². The monoisotopic (exact) mass is 278 g/mol. The number of piperidine rings is 1. The van der Waals surface area contributed by atoms with Crippen molar-refractivity contribution in [2.24, 2.45) is 5.92 Å². The fourth-order valence-electron chi connectivity index (χ4n) is 2.70. The van der Waals surface area contributed by atoms with Gasteiger partial charge in [0.1, 0.15) is 11.3 Å². The lowest BCUT2D eigenvalue weighted by molar-refractivity contribution is 0.0670. The highest BCUT2D eigenvalue weighted by Crippen LogP contribution is 2.27. The second-order valence-corrected chi connectivity index (χ2v) is 5.55. The number of carboxylic acid groups (broad SMARTS) is 1. The van der Waals surface area contributed by atoms with E-state index in [9.17, 15) is 9.90 Å². The van der Waals surface area contributed by atoms with E-state index in [-0.39, 0.29) is 11.7 Å². The minimum absolute atomic E-state index is 0.0144. The van der Waals surface area contributed by atoms with Gasteiger partial charge in [-0.3, -0.25) is 0 Å². The summed E-state index contributed by atoms with van der Waals surface area (Å²) < 4.78 is 5.89. The highest BCUT2D eigenvalue weighted by molar-refractivity contribution is 5.92. The van der Waals surface area contributed by atoms with Crippen LogP contribution in [0, 0.1) is 5.92 Å². The zero-order valence-electron chi connectivity index (χ0n) is 12.0. The predicted octanol–water partition coefficient (Wildman–Crippen LogP) is 2.08. The fourth-order valence-corrected chi connectivity index (χ4v) is 2.70. The molecule has 1 aliphatic heterocycles. The summed E-state index contributed by atoms with van der Waals surface area (Å²) in [6.45, 7) is 4.11. The average molecular weight is 278 g/mol. The average Bonchev–Trinajstić information content (AvgIpc) is 2.40. The Labute approximate surface area is 119 Å². The molecule has 1 aromatic carbocycles. The number of nitrogens with zero attached hydrogens (tertiary/aromatic N) is 1. The van der Waals surface area contributed by atoms with Gasteiger partial charge in [-0.25, -0.2) is 4.79 Å². The number of nitrogen functional groups attached to an aromatic ring is 1. The van der Waals surface area contributed by atoms with Crippen LogP contribution in [0.5, 0.6) is 5.75 Å². The van der Waals surface area contributed by atoms with Crippen LogP contribution in [0.3, 0.4) is 0 Å². The molecule has 0 saturated carbocycles. The first-order valence-electron chi connectivity index (χ1n) is 6.95. The Balaban J connectivity index is 2.11. The zero-order chi connectivity index (χ0) is 14.7. The Morgan fingerprint density at radius 3 is 2.95 bits per heavy atom. The minimum Gasteiger partial charge on any atom is -0.489 e. The second kappa shape index (κ2) is 6.13. The van der Waals surface area contributed by atoms with Crippen molar-refractivity contribution in [2.45, 2.75) is 25.9 Å². The smallest absolute Gasteiger partial charge is 0.339 e. The first-order valence-corrected chi connectivity index (χ1v) is 6.95. The molecular weight excluding hydrogens is 256 g/mol. The summed E-state index contributed by atoms with van der Waals surface area (Å²) in [5.41, 5.74) is 6.19. The molecule has 1 saturated heterocycles. The molecule has 0 aromatic heterocycles. The van der Waals surface area contributed by atoms with Gasteiger partial charge in [-0.2, -0.15) is 0 Å². The van der Waals surface area contributed by atoms with Crippen LogP contribution in [0.25, 0.3) is 0 Å². The van der Waals surface area contributed by atoms with Crippen molar-refractivity contribution in [3.8, 4) is 5.75 Å². The molecule has 0 aliphatic carbocycles. The van der Waals surface area contributed by atoms with E-state index in [0.717, 1.165) is 25.9 Å². The van der Waals surface area contributed by atoms with E-state index in [1.54, 1.807) is 12.1 Å². The SMILES string of the molecule is CC(Oc1ccc(N)cc1C(=O)O)C1CCCN(C)C1. The van der Waals surface area contributed by atoms with Gasteiger partial charge in [0.15, 0.2) is 0 Å². The summed E-state index contributed by atoms with van der Waals surface area (Å²) in [6.07, 6.45) is 2.25. The number of aromatic carboxylic acids is 1. The molecule has 0 radical (unpaired) electrons. The molecule has 2 atom stereocenters. The van der Waals surface area contributed by atoms with E-state index in [0.29, 0.717) is 17.4 Å². The van der Waals surface area contributed by atoms with E-state index in [1.807, 2.05) is 6.92 Å². The normalized spacial score (nSPS) is 21.4. The summed E-state index contributed by atoms with van der Waals surface area (Å²) in [5, 5.41) is 9.21. The molecule has 1 heterocycles. The van der Waals surface area contributed by atoms with Crippen LogP contribution < -0.4 is 10.5 Å². The maximum Gasteiger partial charge on any atom is 0.339 e. The Hall–Kier alpha value is -1.75. The second-order valence-electron chi connectivity index (χ2n) is 5.55. The Morgan fingerprint density at radius 2 is 2.30 bits per heavy atom. The molecule has 1 aromatic rings. The van der Waals surface area contributed by atoms with E-state index < -0.39 is 5.97 Å². The quantitative estimate of drug-likeness (QED) is 0.825. The van der Waals surface area contributed by atoms with E-state index in [4.69, 9.17) is 10.5 Å². The number of carboxylic acids is 1. The van der Waals surface area contributed by atoms with Crippen LogP contribution in [0.4, 0.5) is 5.69 Å². The molecular formula is C15H22N2O3. The molecule has 20 heavy (non-hydrogen) atoms. The zero-order valence-corrected chi connectivity index (χ0v) is 12.0. The molecule has 5 nitrogen and oxygen atoms in total. The van der Waals surface area contributed by atoms with Gasteiger partial charge in [-0.1, -0.05) is 0 Å². The molecule has 0 amide bonds. The first kappa shape index (κ1) is 14.7. The molecule has 110 valence electrons. The third-order valence-electron chi connectivity index (χ3n) is 3.87. The highest BCUT2D eigenvalue weighted by atomic mass is 16.5. The van der Waals surface area contributed by atoms with Crippen LogP contribution in [0.2, 0.25) is 0 Å². The first-order chi connectivity index (χ1) is 9.47. The maximum atomic E-state index is 11.2. The number of hydrogen-bond donors (Lipinski definition) is 2. The predicted molar refractivity (Wildman–Crippen MR) is 78.1 cm³/mol. The standard InChI is InChI=1S/C15H22N2O3/c1-10(11-4-3-7-17(2)9-11)20-14-6-5-12(16)8-13(14)15(18)19/h5-6,8,10-11H,3-4,7,9,16H2,1-2H3,(H,18,19). The largest absolute Gasteiger partial charge is 0.489 e. The van der Waals surface area contributed by atoms with Crippen LogP contribution in [0.15, 0.2) is 18.2 Å². The number of anilines is 1. The van der Waals surface area contributed by atoms with Crippen LogP contribution in [0.1, 0.15) is 30.1 Å². The van der Waals surface area contributed by atoms with Gasteiger partial charge in [0.2, 0.25) is 0 Å². The van der Waals surface area contributed by atoms with Crippen molar-refractivity contribution >= 4 is 11.7 Å². The van der Waals surface area contributed by atoms with Crippen molar-refractivity contribution in [3.05, 3.63) is 23.8 Å². The Morgan fingerprint density at radius 1 is 1.55 bits per heavy atom. The molecule has 1 aliphatic rings. The fraction of sp³-hybridized carbons (Fsp3) is 0.533. The molecule has 0 bridgehead atoms. The summed E-state index contributed by atoms with van der Waals surface area (Å²) >= 11 is 0. The molecule has 2 rings (SSSR count). The van der Waals surface area contributed by atoms with Crippen LogP contribution >= 0.6 is 0 Å². The summed E-state index contributed by atoms with van der Waals surface area (Å²) in [5.74, 6) is -0.194. The Kier molecular flexibility index (Phi) is 4.49. The van der Waals surface area contributed by atoms with E-state index >= 15 is 0 Å². The van der Waals surface area contributed by atoms with Gasteiger partial charge < -0.3 is 20.5 Å². The maximum absolute atomic E-state index is 11.2. The lowest BCUT2D eigenvalue weighted by atomic mass is 9.93. The summed E-state index contributed by atoms with van der Waals surface area (Å²) in [6, 6.07) is 4.75.